The average molecular weight is 254 g/mol. The minimum atomic E-state index is -0.180. The fourth-order valence-electron chi connectivity index (χ4n) is 1.83. The first-order valence-electron chi connectivity index (χ1n) is 5.81. The molecule has 2 aromatic rings. The Hall–Kier alpha value is -2.74. The second kappa shape index (κ2) is 5.27. The van der Waals surface area contributed by atoms with Gasteiger partial charge in [-0.05, 0) is 42.8 Å². The molecule has 0 atom stereocenters. The zero-order chi connectivity index (χ0) is 13.8. The summed E-state index contributed by atoms with van der Waals surface area (Å²) in [5.41, 5.74) is 8.41. The van der Waals surface area contributed by atoms with Gasteiger partial charge in [-0.25, -0.2) is 0 Å². The van der Waals surface area contributed by atoms with Crippen LogP contribution in [-0.4, -0.2) is 10.5 Å². The third kappa shape index (κ3) is 2.93. The number of aromatic nitrogens is 1. The number of benzene rings is 1. The summed E-state index contributed by atoms with van der Waals surface area (Å²) in [7, 11) is 0. The van der Waals surface area contributed by atoms with Crippen LogP contribution >= 0.6 is 0 Å². The van der Waals surface area contributed by atoms with E-state index in [2.05, 4.69) is 5.32 Å². The van der Waals surface area contributed by atoms with Crippen LogP contribution in [-0.2, 0) is 11.3 Å². The molecule has 1 aromatic carbocycles. The van der Waals surface area contributed by atoms with E-state index in [-0.39, 0.29) is 12.5 Å². The highest BCUT2D eigenvalue weighted by Gasteiger charge is 2.08. The normalized spacial score (nSPS) is 9.89. The summed E-state index contributed by atoms with van der Waals surface area (Å²) in [5.74, 6) is -0.180. The van der Waals surface area contributed by atoms with Crippen LogP contribution in [0.2, 0.25) is 0 Å². The molecule has 0 radical (unpaired) electrons. The Balaban J connectivity index is 2.08. The molecule has 5 nitrogen and oxygen atoms in total. The topological polar surface area (TPSA) is 83.8 Å². The molecule has 0 bridgehead atoms. The molecule has 0 saturated heterocycles. The van der Waals surface area contributed by atoms with E-state index < -0.39 is 0 Å². The Labute approximate surface area is 111 Å². The molecule has 0 spiro atoms. The molecule has 0 fully saturated rings. The summed E-state index contributed by atoms with van der Waals surface area (Å²) in [6.45, 7) is 1.99. The van der Waals surface area contributed by atoms with Gasteiger partial charge in [-0.1, -0.05) is 0 Å². The number of nitrogens with one attached hydrogen (secondary N) is 1. The fraction of sp³-hybridized carbons (Fsp3) is 0.143. The summed E-state index contributed by atoms with van der Waals surface area (Å²) in [5, 5.41) is 11.7. The van der Waals surface area contributed by atoms with Gasteiger partial charge in [-0.2, -0.15) is 5.26 Å². The van der Waals surface area contributed by atoms with Gasteiger partial charge in [0.15, 0.2) is 0 Å². The Morgan fingerprint density at radius 2 is 2.26 bits per heavy atom. The standard InChI is InChI=1S/C14H14N4O/c1-10-7-11(16)4-5-13(10)17-14(19)9-18-6-2-3-12(18)8-15/h2-7H,9,16H2,1H3,(H,17,19). The summed E-state index contributed by atoms with van der Waals surface area (Å²) in [6.07, 6.45) is 1.70. The van der Waals surface area contributed by atoms with Crippen molar-refractivity contribution in [2.24, 2.45) is 0 Å². The quantitative estimate of drug-likeness (QED) is 0.820. The molecule has 5 heteroatoms. The molecule has 0 aliphatic heterocycles. The number of nitrogen functional groups attached to an aromatic ring is 1. The van der Waals surface area contributed by atoms with Gasteiger partial charge in [0.05, 0.1) is 0 Å². The van der Waals surface area contributed by atoms with Gasteiger partial charge in [-0.15, -0.1) is 0 Å². The van der Waals surface area contributed by atoms with Crippen LogP contribution in [0.5, 0.6) is 0 Å². The van der Waals surface area contributed by atoms with Gasteiger partial charge in [0.2, 0.25) is 5.91 Å². The number of carbonyl (C=O) groups is 1. The molecule has 1 aromatic heterocycles. The van der Waals surface area contributed by atoms with Crippen molar-refractivity contribution in [1.82, 2.24) is 4.57 Å². The van der Waals surface area contributed by atoms with E-state index >= 15 is 0 Å². The van der Waals surface area contributed by atoms with Crippen molar-refractivity contribution in [3.8, 4) is 6.07 Å². The largest absolute Gasteiger partial charge is 0.399 e. The monoisotopic (exact) mass is 254 g/mol. The molecule has 3 N–H and O–H groups in total. The van der Waals surface area contributed by atoms with Crippen LogP contribution in [0.15, 0.2) is 36.5 Å². The van der Waals surface area contributed by atoms with E-state index in [1.165, 1.54) is 0 Å². The summed E-state index contributed by atoms with van der Waals surface area (Å²) >= 11 is 0. The summed E-state index contributed by atoms with van der Waals surface area (Å²) in [6, 6.07) is 10.7. The Kier molecular flexibility index (Phi) is 3.53. The van der Waals surface area contributed by atoms with Crippen molar-refractivity contribution < 1.29 is 4.79 Å². The van der Waals surface area contributed by atoms with Gasteiger partial charge < -0.3 is 15.6 Å². The van der Waals surface area contributed by atoms with Gasteiger partial charge >= 0.3 is 0 Å². The molecule has 0 aliphatic carbocycles. The van der Waals surface area contributed by atoms with Crippen LogP contribution in [0, 0.1) is 18.3 Å². The third-order valence-corrected chi connectivity index (χ3v) is 2.78. The molecule has 1 amide bonds. The molecule has 0 unspecified atom stereocenters. The van der Waals surface area contributed by atoms with Crippen LogP contribution < -0.4 is 11.1 Å². The number of nitrogens with two attached hydrogens (primary N) is 1. The predicted octanol–water partition coefficient (Wildman–Crippen LogP) is 1.89. The fourth-order valence-corrected chi connectivity index (χ4v) is 1.83. The van der Waals surface area contributed by atoms with Crippen LogP contribution in [0.25, 0.3) is 0 Å². The highest BCUT2D eigenvalue weighted by Crippen LogP contribution is 2.17. The Morgan fingerprint density at radius 3 is 2.95 bits per heavy atom. The molecule has 0 saturated carbocycles. The maximum Gasteiger partial charge on any atom is 0.244 e. The van der Waals surface area contributed by atoms with Crippen molar-refractivity contribution in [3.63, 3.8) is 0 Å². The lowest BCUT2D eigenvalue weighted by molar-refractivity contribution is -0.116. The van der Waals surface area contributed by atoms with Crippen LogP contribution in [0.4, 0.5) is 11.4 Å². The molecule has 1 heterocycles. The van der Waals surface area contributed by atoms with Gasteiger partial charge in [0.1, 0.15) is 18.3 Å². The number of amides is 1. The van der Waals surface area contributed by atoms with E-state index in [1.54, 1.807) is 41.1 Å². The summed E-state index contributed by atoms with van der Waals surface area (Å²) in [4.78, 5) is 11.9. The Morgan fingerprint density at radius 1 is 1.47 bits per heavy atom. The van der Waals surface area contributed by atoms with E-state index in [0.29, 0.717) is 11.4 Å². The molecule has 2 rings (SSSR count). The van der Waals surface area contributed by atoms with E-state index in [9.17, 15) is 4.79 Å². The average Bonchev–Trinajstić information content (AvgIpc) is 2.80. The minimum absolute atomic E-state index is 0.111. The van der Waals surface area contributed by atoms with Crippen molar-refractivity contribution in [3.05, 3.63) is 47.8 Å². The predicted molar refractivity (Wildman–Crippen MR) is 73.4 cm³/mol. The molecule has 0 aliphatic rings. The van der Waals surface area contributed by atoms with Crippen LogP contribution in [0.3, 0.4) is 0 Å². The van der Waals surface area contributed by atoms with Gasteiger partial charge in [-0.3, -0.25) is 4.79 Å². The van der Waals surface area contributed by atoms with Crippen molar-refractivity contribution in [2.45, 2.75) is 13.5 Å². The first-order chi connectivity index (χ1) is 9.10. The van der Waals surface area contributed by atoms with Crippen molar-refractivity contribution >= 4 is 17.3 Å². The van der Waals surface area contributed by atoms with Crippen LogP contribution in [0.1, 0.15) is 11.3 Å². The van der Waals surface area contributed by atoms with E-state index in [0.717, 1.165) is 11.3 Å². The minimum Gasteiger partial charge on any atom is -0.399 e. The number of hydrogen-bond acceptors (Lipinski definition) is 3. The zero-order valence-electron chi connectivity index (χ0n) is 10.6. The number of aryl methyl sites for hydroxylation is 1. The number of rotatable bonds is 3. The lowest BCUT2D eigenvalue weighted by Gasteiger charge is -2.10. The first-order valence-corrected chi connectivity index (χ1v) is 5.81. The van der Waals surface area contributed by atoms with E-state index in [4.69, 9.17) is 11.0 Å². The number of anilines is 2. The number of carbonyl (C=O) groups excluding carboxylic acids is 1. The number of nitriles is 1. The number of hydrogen-bond donors (Lipinski definition) is 2. The number of nitrogens with zero attached hydrogens (tertiary/aromatic N) is 2. The summed E-state index contributed by atoms with van der Waals surface area (Å²) < 4.78 is 1.60. The third-order valence-electron chi connectivity index (χ3n) is 2.78. The molecule has 19 heavy (non-hydrogen) atoms. The van der Waals surface area contributed by atoms with E-state index in [1.807, 2.05) is 13.0 Å². The first kappa shape index (κ1) is 12.7. The second-order valence-electron chi connectivity index (χ2n) is 4.26. The highest BCUT2D eigenvalue weighted by atomic mass is 16.1. The van der Waals surface area contributed by atoms with Crippen molar-refractivity contribution in [1.29, 1.82) is 5.26 Å². The zero-order valence-corrected chi connectivity index (χ0v) is 10.6. The maximum atomic E-state index is 11.9. The van der Waals surface area contributed by atoms with Crippen molar-refractivity contribution in [2.75, 3.05) is 11.1 Å². The molecular weight excluding hydrogens is 240 g/mol. The molecule has 96 valence electrons. The lowest BCUT2D eigenvalue weighted by atomic mass is 10.2. The highest BCUT2D eigenvalue weighted by molar-refractivity contribution is 5.91. The SMILES string of the molecule is Cc1cc(N)ccc1NC(=O)Cn1cccc1C#N. The Bertz CT molecular complexity index is 652. The van der Waals surface area contributed by atoms with Gasteiger partial charge in [0, 0.05) is 17.6 Å². The smallest absolute Gasteiger partial charge is 0.244 e. The maximum absolute atomic E-state index is 11.9. The lowest BCUT2D eigenvalue weighted by Crippen LogP contribution is -2.19. The molecular formula is C14H14N4O. The second-order valence-corrected chi connectivity index (χ2v) is 4.26. The van der Waals surface area contributed by atoms with Gasteiger partial charge in [0.25, 0.3) is 0 Å².